The first-order valence-corrected chi connectivity index (χ1v) is 7.24. The first kappa shape index (κ1) is 14.0. The molecule has 0 aliphatic carbocycles. The summed E-state index contributed by atoms with van der Waals surface area (Å²) in [4.78, 5) is 28.0. The van der Waals surface area contributed by atoms with E-state index in [-0.39, 0.29) is 17.9 Å². The molecule has 112 valence electrons. The Bertz CT molecular complexity index is 544. The fourth-order valence-corrected chi connectivity index (χ4v) is 2.79. The minimum Gasteiger partial charge on any atom is -0.462 e. The predicted molar refractivity (Wildman–Crippen MR) is 78.1 cm³/mol. The van der Waals surface area contributed by atoms with Crippen LogP contribution >= 0.6 is 0 Å². The van der Waals surface area contributed by atoms with Gasteiger partial charge in [-0.3, -0.25) is 14.6 Å². The lowest BCUT2D eigenvalue weighted by atomic mass is 10.2. The number of nitrogens with zero attached hydrogens (tertiary/aromatic N) is 2. The maximum Gasteiger partial charge on any atom is 0.338 e. The van der Waals surface area contributed by atoms with Crippen molar-refractivity contribution in [2.24, 2.45) is 0 Å². The zero-order chi connectivity index (χ0) is 14.8. The number of amides is 1. The number of rotatable bonds is 3. The van der Waals surface area contributed by atoms with Crippen molar-refractivity contribution in [2.45, 2.75) is 13.0 Å². The van der Waals surface area contributed by atoms with E-state index in [1.165, 1.54) is 0 Å². The maximum atomic E-state index is 12.4. The van der Waals surface area contributed by atoms with Gasteiger partial charge < -0.3 is 10.1 Å². The number of piperazine rings is 1. The molecule has 0 saturated carbocycles. The molecule has 0 bridgehead atoms. The maximum absolute atomic E-state index is 12.4. The molecule has 0 spiro atoms. The van der Waals surface area contributed by atoms with Crippen LogP contribution in [0.5, 0.6) is 0 Å². The van der Waals surface area contributed by atoms with E-state index in [1.54, 1.807) is 36.1 Å². The third kappa shape index (κ3) is 2.64. The number of ether oxygens (including phenoxy) is 1. The van der Waals surface area contributed by atoms with Crippen molar-refractivity contribution in [1.29, 1.82) is 0 Å². The van der Waals surface area contributed by atoms with E-state index in [1.807, 2.05) is 0 Å². The smallest absolute Gasteiger partial charge is 0.338 e. The van der Waals surface area contributed by atoms with Crippen LogP contribution in [0.4, 0.5) is 5.69 Å². The van der Waals surface area contributed by atoms with Gasteiger partial charge in [0.05, 0.1) is 18.8 Å². The lowest BCUT2D eigenvalue weighted by molar-refractivity contribution is -0.120. The van der Waals surface area contributed by atoms with E-state index in [4.69, 9.17) is 4.74 Å². The van der Waals surface area contributed by atoms with Gasteiger partial charge in [-0.15, -0.1) is 0 Å². The van der Waals surface area contributed by atoms with Gasteiger partial charge in [0.1, 0.15) is 6.04 Å². The van der Waals surface area contributed by atoms with Gasteiger partial charge in [0, 0.05) is 25.3 Å². The molecule has 1 amide bonds. The van der Waals surface area contributed by atoms with Crippen LogP contribution in [0.3, 0.4) is 0 Å². The fraction of sp³-hybridized carbons (Fsp3) is 0.467. The molecule has 0 radical (unpaired) electrons. The van der Waals surface area contributed by atoms with Crippen LogP contribution in [-0.4, -0.2) is 55.7 Å². The zero-order valence-corrected chi connectivity index (χ0v) is 12.0. The van der Waals surface area contributed by atoms with E-state index in [0.717, 1.165) is 18.8 Å². The van der Waals surface area contributed by atoms with E-state index < -0.39 is 0 Å². The number of hydrogen-bond donors (Lipinski definition) is 1. The average Bonchev–Trinajstić information content (AvgIpc) is 2.85. The van der Waals surface area contributed by atoms with Gasteiger partial charge >= 0.3 is 5.97 Å². The van der Waals surface area contributed by atoms with Gasteiger partial charge in [0.2, 0.25) is 5.91 Å². The van der Waals surface area contributed by atoms with Gasteiger partial charge in [0.15, 0.2) is 0 Å². The number of fused-ring (bicyclic) bond motifs is 1. The van der Waals surface area contributed by atoms with E-state index in [0.29, 0.717) is 25.4 Å². The zero-order valence-electron chi connectivity index (χ0n) is 12.0. The number of anilines is 1. The Kier molecular flexibility index (Phi) is 3.90. The van der Waals surface area contributed by atoms with E-state index in [9.17, 15) is 9.59 Å². The Morgan fingerprint density at radius 3 is 2.81 bits per heavy atom. The monoisotopic (exact) mass is 289 g/mol. The van der Waals surface area contributed by atoms with Gasteiger partial charge in [-0.25, -0.2) is 4.79 Å². The fourth-order valence-electron chi connectivity index (χ4n) is 2.79. The van der Waals surface area contributed by atoms with Crippen LogP contribution in [0.15, 0.2) is 24.3 Å². The first-order chi connectivity index (χ1) is 10.2. The molecular weight excluding hydrogens is 270 g/mol. The van der Waals surface area contributed by atoms with Crippen LogP contribution < -0.4 is 10.2 Å². The van der Waals surface area contributed by atoms with Crippen molar-refractivity contribution >= 4 is 17.6 Å². The van der Waals surface area contributed by atoms with Gasteiger partial charge in [0.25, 0.3) is 0 Å². The van der Waals surface area contributed by atoms with Crippen molar-refractivity contribution in [3.8, 4) is 0 Å². The molecule has 2 aliphatic heterocycles. The second kappa shape index (κ2) is 5.83. The van der Waals surface area contributed by atoms with Crippen molar-refractivity contribution < 1.29 is 14.3 Å². The molecule has 1 atom stereocenters. The quantitative estimate of drug-likeness (QED) is 0.818. The predicted octanol–water partition coefficient (Wildman–Crippen LogP) is 0.441. The van der Waals surface area contributed by atoms with Gasteiger partial charge in [-0.05, 0) is 31.2 Å². The minimum absolute atomic E-state index is 0.0662. The highest BCUT2D eigenvalue weighted by Gasteiger charge is 2.40. The molecule has 0 aromatic heterocycles. The second-order valence-electron chi connectivity index (χ2n) is 5.21. The topological polar surface area (TPSA) is 61.9 Å². The molecule has 1 N–H and O–H groups in total. The molecule has 21 heavy (non-hydrogen) atoms. The van der Waals surface area contributed by atoms with Crippen molar-refractivity contribution in [1.82, 2.24) is 10.2 Å². The Hall–Kier alpha value is -1.92. The van der Waals surface area contributed by atoms with Crippen molar-refractivity contribution in [3.05, 3.63) is 29.8 Å². The summed E-state index contributed by atoms with van der Waals surface area (Å²) in [6.07, 6.45) is 0. The second-order valence-corrected chi connectivity index (χ2v) is 5.21. The molecule has 2 fully saturated rings. The minimum atomic E-state index is -0.335. The summed E-state index contributed by atoms with van der Waals surface area (Å²) in [5.41, 5.74) is 1.33. The Morgan fingerprint density at radius 2 is 2.14 bits per heavy atom. The standard InChI is InChI=1S/C15H19N3O3/c1-2-21-15(20)11-3-5-12(6-4-11)18-10-17-8-7-16-9-13(17)14(18)19/h3-6,13,16H,2,7-10H2,1H3. The highest BCUT2D eigenvalue weighted by molar-refractivity contribution is 6.00. The van der Waals surface area contributed by atoms with Crippen LogP contribution in [0, 0.1) is 0 Å². The first-order valence-electron chi connectivity index (χ1n) is 7.24. The number of esters is 1. The SMILES string of the molecule is CCOC(=O)c1ccc(N2CN3CCNCC3C2=O)cc1. The summed E-state index contributed by atoms with van der Waals surface area (Å²) in [6, 6.07) is 6.95. The summed E-state index contributed by atoms with van der Waals surface area (Å²) in [7, 11) is 0. The molecule has 2 aliphatic rings. The van der Waals surface area contributed by atoms with Gasteiger partial charge in [-0.1, -0.05) is 0 Å². The molecule has 1 aromatic rings. The van der Waals surface area contributed by atoms with Crippen LogP contribution in [0.25, 0.3) is 0 Å². The molecule has 1 aromatic carbocycles. The molecule has 2 saturated heterocycles. The summed E-state index contributed by atoms with van der Waals surface area (Å²) in [5, 5.41) is 3.25. The lowest BCUT2D eigenvalue weighted by Gasteiger charge is -2.26. The third-order valence-corrected chi connectivity index (χ3v) is 3.92. The van der Waals surface area contributed by atoms with Gasteiger partial charge in [-0.2, -0.15) is 0 Å². The number of carbonyl (C=O) groups is 2. The summed E-state index contributed by atoms with van der Waals surface area (Å²) in [5.74, 6) is -0.218. The molecular formula is C15H19N3O3. The van der Waals surface area contributed by atoms with Crippen LogP contribution in [0.2, 0.25) is 0 Å². The van der Waals surface area contributed by atoms with E-state index in [2.05, 4.69) is 10.2 Å². The number of carbonyl (C=O) groups excluding carboxylic acids is 2. The lowest BCUT2D eigenvalue weighted by Crippen LogP contribution is -2.50. The van der Waals surface area contributed by atoms with Crippen LogP contribution in [0.1, 0.15) is 17.3 Å². The molecule has 6 heteroatoms. The summed E-state index contributed by atoms with van der Waals surface area (Å²) >= 11 is 0. The van der Waals surface area contributed by atoms with Crippen LogP contribution in [-0.2, 0) is 9.53 Å². The van der Waals surface area contributed by atoms with Crippen molar-refractivity contribution in [2.75, 3.05) is 37.8 Å². The molecule has 6 nitrogen and oxygen atoms in total. The molecule has 2 heterocycles. The van der Waals surface area contributed by atoms with Crippen molar-refractivity contribution in [3.63, 3.8) is 0 Å². The highest BCUT2D eigenvalue weighted by Crippen LogP contribution is 2.24. The molecule has 3 rings (SSSR count). The third-order valence-electron chi connectivity index (χ3n) is 3.92. The summed E-state index contributed by atoms with van der Waals surface area (Å²) < 4.78 is 4.96. The number of nitrogens with one attached hydrogen (secondary N) is 1. The summed E-state index contributed by atoms with van der Waals surface area (Å²) in [6.45, 7) is 5.25. The number of hydrogen-bond acceptors (Lipinski definition) is 5. The Labute approximate surface area is 123 Å². The van der Waals surface area contributed by atoms with E-state index >= 15 is 0 Å². The average molecular weight is 289 g/mol. The highest BCUT2D eigenvalue weighted by atomic mass is 16.5. The normalized spacial score (nSPS) is 22.2. The largest absolute Gasteiger partial charge is 0.462 e. The molecule has 1 unspecified atom stereocenters. The Morgan fingerprint density at radius 1 is 1.38 bits per heavy atom. The number of benzene rings is 1. The Balaban J connectivity index is 1.75.